The number of benzene rings is 2. The van der Waals surface area contributed by atoms with E-state index in [-0.39, 0.29) is 6.61 Å². The van der Waals surface area contributed by atoms with Crippen LogP contribution in [-0.2, 0) is 9.59 Å². The van der Waals surface area contributed by atoms with Crippen molar-refractivity contribution in [3.63, 3.8) is 0 Å². The van der Waals surface area contributed by atoms with Gasteiger partial charge in [0.25, 0.3) is 0 Å². The van der Waals surface area contributed by atoms with Gasteiger partial charge in [0.1, 0.15) is 11.8 Å². The molecule has 3 N–H and O–H groups in total. The standard InChI is InChI=1S/C18H16N2O4/c21-11-15(16-9-4-10-24-16)20-18(23)17(22)19-14-8-3-6-12-5-1-2-7-13(12)14/h1-10,15,21H,11H2,(H,19,22)(H,20,23). The van der Waals surface area contributed by atoms with Gasteiger partial charge < -0.3 is 20.2 Å². The van der Waals surface area contributed by atoms with E-state index in [9.17, 15) is 14.7 Å². The summed E-state index contributed by atoms with van der Waals surface area (Å²) in [5.41, 5.74) is 0.548. The molecule has 0 aliphatic heterocycles. The maximum Gasteiger partial charge on any atom is 0.313 e. The number of carbonyl (C=O) groups excluding carboxylic acids is 2. The Morgan fingerprint density at radius 2 is 1.79 bits per heavy atom. The van der Waals surface area contributed by atoms with Gasteiger partial charge in [-0.25, -0.2) is 0 Å². The molecule has 6 nitrogen and oxygen atoms in total. The molecule has 24 heavy (non-hydrogen) atoms. The van der Waals surface area contributed by atoms with Gasteiger partial charge in [0, 0.05) is 11.1 Å². The average Bonchev–Trinajstić information content (AvgIpc) is 3.14. The lowest BCUT2D eigenvalue weighted by molar-refractivity contribution is -0.136. The Bertz CT molecular complexity index is 853. The first-order valence-electron chi connectivity index (χ1n) is 7.43. The molecule has 0 saturated carbocycles. The van der Waals surface area contributed by atoms with Gasteiger partial charge in [0.05, 0.1) is 12.9 Å². The highest BCUT2D eigenvalue weighted by atomic mass is 16.3. The largest absolute Gasteiger partial charge is 0.467 e. The third-order valence-corrected chi connectivity index (χ3v) is 3.62. The number of fused-ring (bicyclic) bond motifs is 1. The summed E-state index contributed by atoms with van der Waals surface area (Å²) in [5.74, 6) is -1.28. The van der Waals surface area contributed by atoms with Crippen LogP contribution in [0.25, 0.3) is 10.8 Å². The first-order valence-corrected chi connectivity index (χ1v) is 7.43. The van der Waals surface area contributed by atoms with Crippen molar-refractivity contribution in [3.05, 3.63) is 66.6 Å². The van der Waals surface area contributed by atoms with Gasteiger partial charge >= 0.3 is 11.8 Å². The number of rotatable bonds is 4. The fraction of sp³-hybridized carbons (Fsp3) is 0.111. The van der Waals surface area contributed by atoms with E-state index in [1.165, 1.54) is 6.26 Å². The van der Waals surface area contributed by atoms with E-state index in [1.807, 2.05) is 30.3 Å². The molecule has 0 aliphatic carbocycles. The third kappa shape index (κ3) is 3.28. The maximum absolute atomic E-state index is 12.1. The Kier molecular flexibility index (Phi) is 4.58. The van der Waals surface area contributed by atoms with Crippen molar-refractivity contribution in [1.82, 2.24) is 5.32 Å². The summed E-state index contributed by atoms with van der Waals surface area (Å²) >= 11 is 0. The predicted molar refractivity (Wildman–Crippen MR) is 89.3 cm³/mol. The minimum Gasteiger partial charge on any atom is -0.467 e. The number of nitrogens with one attached hydrogen (secondary N) is 2. The van der Waals surface area contributed by atoms with Crippen LogP contribution in [0.2, 0.25) is 0 Å². The number of aliphatic hydroxyl groups is 1. The summed E-state index contributed by atoms with van der Waals surface area (Å²) in [6, 6.07) is 15.5. The van der Waals surface area contributed by atoms with Crippen LogP contribution in [0.3, 0.4) is 0 Å². The van der Waals surface area contributed by atoms with Crippen LogP contribution in [0.5, 0.6) is 0 Å². The van der Waals surface area contributed by atoms with Gasteiger partial charge in [-0.2, -0.15) is 0 Å². The minimum absolute atomic E-state index is 0.374. The molecule has 0 fully saturated rings. The van der Waals surface area contributed by atoms with Crippen molar-refractivity contribution in [2.45, 2.75) is 6.04 Å². The average molecular weight is 324 g/mol. The van der Waals surface area contributed by atoms with E-state index in [2.05, 4.69) is 10.6 Å². The molecule has 1 aromatic heterocycles. The van der Waals surface area contributed by atoms with Gasteiger partial charge in [-0.3, -0.25) is 9.59 Å². The van der Waals surface area contributed by atoms with Crippen molar-refractivity contribution in [1.29, 1.82) is 0 Å². The zero-order valence-electron chi connectivity index (χ0n) is 12.7. The van der Waals surface area contributed by atoms with Crippen molar-refractivity contribution >= 4 is 28.3 Å². The molecule has 1 heterocycles. The first-order chi connectivity index (χ1) is 11.7. The molecule has 6 heteroatoms. The van der Waals surface area contributed by atoms with Gasteiger partial charge in [-0.05, 0) is 23.6 Å². The lowest BCUT2D eigenvalue weighted by Gasteiger charge is -2.14. The molecule has 2 amide bonds. The van der Waals surface area contributed by atoms with Crippen molar-refractivity contribution in [2.24, 2.45) is 0 Å². The van der Waals surface area contributed by atoms with Crippen LogP contribution in [0.4, 0.5) is 5.69 Å². The molecule has 1 atom stereocenters. The zero-order valence-corrected chi connectivity index (χ0v) is 12.7. The van der Waals surface area contributed by atoms with Crippen LogP contribution in [-0.4, -0.2) is 23.5 Å². The summed E-state index contributed by atoms with van der Waals surface area (Å²) in [5, 5.41) is 16.2. The molecule has 2 aromatic carbocycles. The zero-order chi connectivity index (χ0) is 16.9. The normalized spacial score (nSPS) is 11.9. The lowest BCUT2D eigenvalue weighted by atomic mass is 10.1. The smallest absolute Gasteiger partial charge is 0.313 e. The minimum atomic E-state index is -0.849. The maximum atomic E-state index is 12.1. The van der Waals surface area contributed by atoms with Crippen molar-refractivity contribution in [3.8, 4) is 0 Å². The highest BCUT2D eigenvalue weighted by Gasteiger charge is 2.21. The predicted octanol–water partition coefficient (Wildman–Crippen LogP) is 2.22. The highest BCUT2D eigenvalue weighted by Crippen LogP contribution is 2.22. The lowest BCUT2D eigenvalue weighted by Crippen LogP contribution is -2.39. The summed E-state index contributed by atoms with van der Waals surface area (Å²) in [7, 11) is 0. The summed E-state index contributed by atoms with van der Waals surface area (Å²) in [4.78, 5) is 24.2. The Hall–Kier alpha value is -3.12. The molecule has 0 radical (unpaired) electrons. The molecule has 3 aromatic rings. The monoisotopic (exact) mass is 324 g/mol. The summed E-state index contributed by atoms with van der Waals surface area (Å²) < 4.78 is 5.14. The topological polar surface area (TPSA) is 91.6 Å². The number of amides is 2. The van der Waals surface area contributed by atoms with E-state index in [0.717, 1.165) is 10.8 Å². The van der Waals surface area contributed by atoms with Crippen LogP contribution in [0.1, 0.15) is 11.8 Å². The summed E-state index contributed by atoms with van der Waals surface area (Å²) in [6.07, 6.45) is 1.43. The molecule has 0 saturated heterocycles. The molecule has 0 bridgehead atoms. The van der Waals surface area contributed by atoms with Crippen LogP contribution < -0.4 is 10.6 Å². The fourth-order valence-corrected chi connectivity index (χ4v) is 2.43. The van der Waals surface area contributed by atoms with Crippen molar-refractivity contribution < 1.29 is 19.1 Å². The first kappa shape index (κ1) is 15.8. The van der Waals surface area contributed by atoms with Gasteiger partial charge in [0.2, 0.25) is 0 Å². The molecule has 122 valence electrons. The molecule has 0 aliphatic rings. The third-order valence-electron chi connectivity index (χ3n) is 3.62. The second-order valence-corrected chi connectivity index (χ2v) is 5.20. The number of hydrogen-bond donors (Lipinski definition) is 3. The van der Waals surface area contributed by atoms with Crippen LogP contribution in [0.15, 0.2) is 65.3 Å². The van der Waals surface area contributed by atoms with Gasteiger partial charge in [0.15, 0.2) is 0 Å². The number of aliphatic hydroxyl groups excluding tert-OH is 1. The Morgan fingerprint density at radius 3 is 2.54 bits per heavy atom. The second-order valence-electron chi connectivity index (χ2n) is 5.20. The van der Waals surface area contributed by atoms with Gasteiger partial charge in [-0.1, -0.05) is 36.4 Å². The molecular formula is C18H16N2O4. The molecular weight excluding hydrogens is 308 g/mol. The SMILES string of the molecule is O=C(Nc1cccc2ccccc12)C(=O)NC(CO)c1ccco1. The molecule has 0 spiro atoms. The highest BCUT2D eigenvalue weighted by molar-refractivity contribution is 6.40. The van der Waals surface area contributed by atoms with E-state index < -0.39 is 17.9 Å². The number of carbonyl (C=O) groups is 2. The molecule has 3 rings (SSSR count). The van der Waals surface area contributed by atoms with E-state index >= 15 is 0 Å². The number of furan rings is 1. The number of anilines is 1. The second kappa shape index (κ2) is 6.97. The van der Waals surface area contributed by atoms with Crippen LogP contribution >= 0.6 is 0 Å². The van der Waals surface area contributed by atoms with Crippen LogP contribution in [0, 0.1) is 0 Å². The fourth-order valence-electron chi connectivity index (χ4n) is 2.43. The van der Waals surface area contributed by atoms with Crippen molar-refractivity contribution in [2.75, 3.05) is 11.9 Å². The number of hydrogen-bond acceptors (Lipinski definition) is 4. The Balaban J connectivity index is 1.73. The molecule has 1 unspecified atom stereocenters. The Labute approximate surface area is 138 Å². The Morgan fingerprint density at radius 1 is 1.00 bits per heavy atom. The summed E-state index contributed by atoms with van der Waals surface area (Å²) in [6.45, 7) is -0.374. The van der Waals surface area contributed by atoms with Gasteiger partial charge in [-0.15, -0.1) is 0 Å². The van der Waals surface area contributed by atoms with E-state index in [1.54, 1.807) is 24.3 Å². The quantitative estimate of drug-likeness (QED) is 0.642. The van der Waals surface area contributed by atoms with E-state index in [4.69, 9.17) is 4.42 Å². The van der Waals surface area contributed by atoms with E-state index in [0.29, 0.717) is 11.4 Å².